The second-order valence-corrected chi connectivity index (χ2v) is 20.9. The second-order valence-electron chi connectivity index (χ2n) is 17.1. The molecule has 5 heteroatoms. The largest absolute Gasteiger partial charge is 0.458 e. The summed E-state index contributed by atoms with van der Waals surface area (Å²) in [6.07, 6.45) is 0. The summed E-state index contributed by atoms with van der Waals surface area (Å²) in [7, 11) is -2.87. The van der Waals surface area contributed by atoms with Crippen LogP contribution in [0.2, 0.25) is 0 Å². The predicted molar refractivity (Wildman–Crippen MR) is 275 cm³/mol. The van der Waals surface area contributed by atoms with Crippen molar-refractivity contribution < 1.29 is 4.74 Å². The number of fused-ring (bicyclic) bond motifs is 7. The number of benzene rings is 10. The monoisotopic (exact) mass is 844 g/mol. The molecule has 0 bridgehead atoms. The third-order valence-electron chi connectivity index (χ3n) is 13.8. The molecule has 0 saturated carbocycles. The van der Waals surface area contributed by atoms with Crippen LogP contribution in [-0.2, 0) is 0 Å². The van der Waals surface area contributed by atoms with E-state index < -0.39 is 8.07 Å². The molecular formula is C60H41BN2OSi. The van der Waals surface area contributed by atoms with Crippen molar-refractivity contribution in [2.24, 2.45) is 0 Å². The lowest BCUT2D eigenvalue weighted by Crippen LogP contribution is -2.75. The van der Waals surface area contributed by atoms with Crippen molar-refractivity contribution in [2.45, 2.75) is 0 Å². The molecule has 0 aliphatic carbocycles. The fraction of sp³-hybridized carbons (Fsp3) is 0. The number of hydrogen-bond donors (Lipinski definition) is 0. The molecule has 0 saturated heterocycles. The molecular weight excluding hydrogens is 804 g/mol. The van der Waals surface area contributed by atoms with E-state index in [0.29, 0.717) is 0 Å². The van der Waals surface area contributed by atoms with Gasteiger partial charge in [-0.3, -0.25) is 0 Å². The highest BCUT2D eigenvalue weighted by Crippen LogP contribution is 2.46. The number of hydrogen-bond acceptors (Lipinski definition) is 2. The minimum absolute atomic E-state index is 0.167. The van der Waals surface area contributed by atoms with Crippen LogP contribution in [0.15, 0.2) is 249 Å². The number of para-hydroxylation sites is 4. The Morgan fingerprint density at radius 1 is 0.385 bits per heavy atom. The lowest BCUT2D eigenvalue weighted by Gasteiger charge is -2.42. The Bertz CT molecular complexity index is 3440. The number of anilines is 2. The Kier molecular flexibility index (Phi) is 8.65. The van der Waals surface area contributed by atoms with Gasteiger partial charge >= 0.3 is 6.85 Å². The van der Waals surface area contributed by atoms with Gasteiger partial charge < -0.3 is 14.1 Å². The fourth-order valence-corrected chi connectivity index (χ4v) is 16.1. The zero-order valence-corrected chi connectivity index (χ0v) is 36.6. The van der Waals surface area contributed by atoms with Crippen molar-refractivity contribution >= 4 is 79.8 Å². The Balaban J connectivity index is 1.07. The summed E-state index contributed by atoms with van der Waals surface area (Å²) < 4.78 is 9.66. The molecule has 0 fully saturated rings. The summed E-state index contributed by atoms with van der Waals surface area (Å²) >= 11 is 0. The van der Waals surface area contributed by atoms with E-state index in [1.165, 1.54) is 76.0 Å². The van der Waals surface area contributed by atoms with Crippen LogP contribution in [0.5, 0.6) is 11.5 Å². The van der Waals surface area contributed by atoms with E-state index in [2.05, 4.69) is 258 Å². The lowest BCUT2D eigenvalue weighted by atomic mass is 9.44. The quantitative estimate of drug-likeness (QED) is 0.117. The zero-order valence-electron chi connectivity index (χ0n) is 35.6. The highest BCUT2D eigenvalue weighted by molar-refractivity contribution is 7.20. The standard InChI is InChI=1S/C60H41BN2OSi/c1-5-21-43(22-6-1)63-56-35-19-15-32-51(56)52-40-44(62-54-33-17-13-30-49(54)50-31-14-18-34-55(50)62)41-58-60(52)61(63)53-39-42(37-38-57(53)64-58)48-29-16-20-36-59(48)65(45-23-7-2-8-24-45,46-25-9-3-10-26-46)47-27-11-4-12-28-47/h1-41H. The van der Waals surface area contributed by atoms with Crippen LogP contribution < -0.4 is 41.2 Å². The first-order chi connectivity index (χ1) is 32.3. The van der Waals surface area contributed by atoms with Crippen LogP contribution in [-0.4, -0.2) is 19.5 Å². The van der Waals surface area contributed by atoms with Crippen molar-refractivity contribution in [1.82, 2.24) is 4.57 Å². The van der Waals surface area contributed by atoms with Gasteiger partial charge in [-0.05, 0) is 85.4 Å². The summed E-state index contributed by atoms with van der Waals surface area (Å²) in [5, 5.41) is 7.88. The van der Waals surface area contributed by atoms with Crippen molar-refractivity contribution in [3.63, 3.8) is 0 Å². The SMILES string of the molecule is c1ccc(N2B3c4cc(-c5ccccc5[Si](c5ccccc5)(c5ccccc5)c5ccccc5)ccc4Oc4cc(-n5c6ccccc6c6ccccc65)cc(c43)-c3ccccc32)cc1. The van der Waals surface area contributed by atoms with E-state index in [1.54, 1.807) is 0 Å². The summed E-state index contributed by atoms with van der Waals surface area (Å²) in [6.45, 7) is -0.167. The summed E-state index contributed by atoms with van der Waals surface area (Å²) in [4.78, 5) is 2.54. The first-order valence-corrected chi connectivity index (χ1v) is 24.5. The Morgan fingerprint density at radius 2 is 0.908 bits per heavy atom. The van der Waals surface area contributed by atoms with Gasteiger partial charge in [-0.2, -0.15) is 0 Å². The molecule has 0 N–H and O–H groups in total. The highest BCUT2D eigenvalue weighted by atomic mass is 28.3. The molecule has 0 radical (unpaired) electrons. The second kappa shape index (κ2) is 15.0. The summed E-state index contributed by atoms with van der Waals surface area (Å²) in [6, 6.07) is 91.6. The molecule has 10 aromatic carbocycles. The topological polar surface area (TPSA) is 17.4 Å². The van der Waals surface area contributed by atoms with Crippen LogP contribution in [0.1, 0.15) is 0 Å². The molecule has 0 atom stereocenters. The molecule has 1 aromatic heterocycles. The maximum atomic E-state index is 7.25. The van der Waals surface area contributed by atoms with Crippen molar-refractivity contribution in [3.05, 3.63) is 249 Å². The molecule has 3 nitrogen and oxygen atoms in total. The fourth-order valence-electron chi connectivity index (χ4n) is 11.1. The van der Waals surface area contributed by atoms with Gasteiger partial charge in [0.05, 0.1) is 16.7 Å². The molecule has 2 aliphatic heterocycles. The molecule has 3 heterocycles. The molecule has 0 unspecified atom stereocenters. The van der Waals surface area contributed by atoms with E-state index in [0.717, 1.165) is 28.3 Å². The molecule has 11 aromatic rings. The van der Waals surface area contributed by atoms with Gasteiger partial charge in [-0.25, -0.2) is 0 Å². The molecule has 304 valence electrons. The Morgan fingerprint density at radius 3 is 1.54 bits per heavy atom. The van der Waals surface area contributed by atoms with E-state index >= 15 is 0 Å². The van der Waals surface area contributed by atoms with Crippen molar-refractivity contribution in [2.75, 3.05) is 4.81 Å². The lowest BCUT2D eigenvalue weighted by molar-refractivity contribution is 0.487. The number of aromatic nitrogens is 1. The Labute approximate surface area is 380 Å². The molecule has 2 aliphatic rings. The van der Waals surface area contributed by atoms with Crippen molar-refractivity contribution in [3.8, 4) is 39.4 Å². The minimum Gasteiger partial charge on any atom is -0.458 e. The van der Waals surface area contributed by atoms with Gasteiger partial charge in [0, 0.05) is 39.2 Å². The summed E-state index contributed by atoms with van der Waals surface area (Å²) in [5.41, 5.74) is 12.8. The molecule has 13 rings (SSSR count). The van der Waals surface area contributed by atoms with Crippen molar-refractivity contribution in [1.29, 1.82) is 0 Å². The van der Waals surface area contributed by atoms with Crippen LogP contribution >= 0.6 is 0 Å². The number of nitrogens with zero attached hydrogens (tertiary/aromatic N) is 2. The van der Waals surface area contributed by atoms with Gasteiger partial charge in [-0.15, -0.1) is 0 Å². The first kappa shape index (κ1) is 37.4. The van der Waals surface area contributed by atoms with Crippen LogP contribution in [0.4, 0.5) is 11.4 Å². The van der Waals surface area contributed by atoms with E-state index in [9.17, 15) is 0 Å². The van der Waals surface area contributed by atoms with Crippen LogP contribution in [0.3, 0.4) is 0 Å². The van der Waals surface area contributed by atoms with Crippen LogP contribution in [0.25, 0.3) is 49.7 Å². The maximum absolute atomic E-state index is 7.25. The highest BCUT2D eigenvalue weighted by Gasteiger charge is 2.46. The Hall–Kier alpha value is -8.12. The average Bonchev–Trinajstić information content (AvgIpc) is 3.72. The molecule has 0 spiro atoms. The number of ether oxygens (including phenoxy) is 1. The normalized spacial score (nSPS) is 12.7. The summed E-state index contributed by atoms with van der Waals surface area (Å²) in [5.74, 6) is 1.75. The molecule has 0 amide bonds. The zero-order chi connectivity index (χ0) is 42.9. The van der Waals surface area contributed by atoms with Gasteiger partial charge in [0.2, 0.25) is 0 Å². The third-order valence-corrected chi connectivity index (χ3v) is 18.6. The third kappa shape index (κ3) is 5.69. The van der Waals surface area contributed by atoms with Gasteiger partial charge in [0.25, 0.3) is 0 Å². The maximum Gasteiger partial charge on any atom is 0.336 e. The van der Waals surface area contributed by atoms with E-state index in [-0.39, 0.29) is 6.85 Å². The van der Waals surface area contributed by atoms with E-state index in [4.69, 9.17) is 4.74 Å². The minimum atomic E-state index is -2.87. The predicted octanol–water partition coefficient (Wildman–Crippen LogP) is 10.9. The van der Waals surface area contributed by atoms with Gasteiger partial charge in [0.1, 0.15) is 11.5 Å². The average molecular weight is 845 g/mol. The van der Waals surface area contributed by atoms with Gasteiger partial charge in [0.15, 0.2) is 8.07 Å². The first-order valence-electron chi connectivity index (χ1n) is 22.5. The van der Waals surface area contributed by atoms with Crippen LogP contribution in [0, 0.1) is 0 Å². The smallest absolute Gasteiger partial charge is 0.336 e. The molecule has 65 heavy (non-hydrogen) atoms. The van der Waals surface area contributed by atoms with E-state index in [1.807, 2.05) is 0 Å². The number of rotatable bonds is 7. The van der Waals surface area contributed by atoms with Gasteiger partial charge in [-0.1, -0.05) is 200 Å².